The fourth-order valence-corrected chi connectivity index (χ4v) is 4.09. The summed E-state index contributed by atoms with van der Waals surface area (Å²) in [4.78, 5) is 10.8. The van der Waals surface area contributed by atoms with Crippen LogP contribution in [0.3, 0.4) is 0 Å². The Kier molecular flexibility index (Phi) is 6.39. The van der Waals surface area contributed by atoms with E-state index < -0.39 is 5.97 Å². The maximum absolute atomic E-state index is 10.8. The van der Waals surface area contributed by atoms with Gasteiger partial charge < -0.3 is 5.11 Å². The number of H-pyrrole nitrogens is 1. The topological polar surface area (TPSA) is 89.8 Å². The highest BCUT2D eigenvalue weighted by molar-refractivity contribution is 6.30. The monoisotopic (exact) mass is 453 g/mol. The molecule has 0 aliphatic heterocycles. The number of nitriles is 1. The molecule has 4 aromatic rings. The number of nitrogens with zero attached hydrogens (tertiary/aromatic N) is 2. The van der Waals surface area contributed by atoms with Gasteiger partial charge in [0, 0.05) is 16.5 Å². The number of allylic oxidation sites excluding steroid dienone is 1. The average Bonchev–Trinajstić information content (AvgIpc) is 3.30. The number of halogens is 1. The van der Waals surface area contributed by atoms with Gasteiger partial charge in [0.25, 0.3) is 0 Å². The molecule has 162 valence electrons. The van der Waals surface area contributed by atoms with Crippen LogP contribution in [0.15, 0.2) is 72.9 Å². The SMILES string of the molecule is CC/C(=C(/c1ccc(/C=C/C(=O)O)cc1)c1ccc2[nH]ncc2c1)c1ccc(Cl)cc1C#N. The zero-order chi connectivity index (χ0) is 23.4. The van der Waals surface area contributed by atoms with Gasteiger partial charge in [-0.1, -0.05) is 54.9 Å². The molecular formula is C27H20ClN3O2. The summed E-state index contributed by atoms with van der Waals surface area (Å²) in [6.45, 7) is 2.06. The third-order valence-corrected chi connectivity index (χ3v) is 5.66. The molecule has 0 unspecified atom stereocenters. The van der Waals surface area contributed by atoms with Crippen LogP contribution >= 0.6 is 11.6 Å². The number of fused-ring (bicyclic) bond motifs is 1. The summed E-state index contributed by atoms with van der Waals surface area (Å²) in [6.07, 6.45) is 5.14. The van der Waals surface area contributed by atoms with E-state index in [0.29, 0.717) is 17.0 Å². The Hall–Kier alpha value is -4.14. The first-order valence-electron chi connectivity index (χ1n) is 10.4. The Bertz CT molecular complexity index is 1440. The quantitative estimate of drug-likeness (QED) is 0.255. The minimum absolute atomic E-state index is 0.515. The van der Waals surface area contributed by atoms with Crippen LogP contribution < -0.4 is 0 Å². The normalized spacial score (nSPS) is 12.0. The largest absolute Gasteiger partial charge is 0.478 e. The summed E-state index contributed by atoms with van der Waals surface area (Å²) >= 11 is 6.15. The predicted octanol–water partition coefficient (Wildman–Crippen LogP) is 6.55. The molecule has 5 nitrogen and oxygen atoms in total. The second-order valence-corrected chi connectivity index (χ2v) is 7.91. The highest BCUT2D eigenvalue weighted by Crippen LogP contribution is 2.37. The fourth-order valence-electron chi connectivity index (χ4n) is 3.92. The van der Waals surface area contributed by atoms with Crippen molar-refractivity contribution in [1.82, 2.24) is 10.2 Å². The molecule has 0 atom stereocenters. The zero-order valence-corrected chi connectivity index (χ0v) is 18.6. The molecule has 0 amide bonds. The van der Waals surface area contributed by atoms with Gasteiger partial charge in [-0.2, -0.15) is 10.4 Å². The highest BCUT2D eigenvalue weighted by Gasteiger charge is 2.17. The van der Waals surface area contributed by atoms with E-state index in [9.17, 15) is 10.1 Å². The van der Waals surface area contributed by atoms with Crippen molar-refractivity contribution in [2.45, 2.75) is 13.3 Å². The molecule has 33 heavy (non-hydrogen) atoms. The van der Waals surface area contributed by atoms with Gasteiger partial charge >= 0.3 is 5.97 Å². The number of hydrogen-bond acceptors (Lipinski definition) is 3. The van der Waals surface area contributed by atoms with Crippen LogP contribution in [0.2, 0.25) is 5.02 Å². The summed E-state index contributed by atoms with van der Waals surface area (Å²) in [5.41, 5.74) is 7.04. The molecule has 0 aliphatic rings. The third-order valence-electron chi connectivity index (χ3n) is 5.43. The maximum atomic E-state index is 10.8. The summed E-state index contributed by atoms with van der Waals surface area (Å²) in [5.74, 6) is -0.992. The highest BCUT2D eigenvalue weighted by atomic mass is 35.5. The summed E-state index contributed by atoms with van der Waals surface area (Å²) in [5, 5.41) is 27.3. The van der Waals surface area contributed by atoms with Crippen molar-refractivity contribution in [3.63, 3.8) is 0 Å². The molecule has 3 aromatic carbocycles. The van der Waals surface area contributed by atoms with E-state index in [4.69, 9.17) is 16.7 Å². The van der Waals surface area contributed by atoms with Crippen LogP contribution in [0.1, 0.15) is 41.2 Å². The molecular weight excluding hydrogens is 434 g/mol. The van der Waals surface area contributed by atoms with E-state index in [2.05, 4.69) is 29.3 Å². The molecule has 0 saturated heterocycles. The van der Waals surface area contributed by atoms with Crippen LogP contribution in [0.5, 0.6) is 0 Å². The van der Waals surface area contributed by atoms with E-state index in [1.165, 1.54) is 0 Å². The van der Waals surface area contributed by atoms with Gasteiger partial charge in [0.1, 0.15) is 0 Å². The van der Waals surface area contributed by atoms with Gasteiger partial charge in [-0.25, -0.2) is 4.79 Å². The van der Waals surface area contributed by atoms with Crippen LogP contribution in [0.4, 0.5) is 0 Å². The Morgan fingerprint density at radius 2 is 1.88 bits per heavy atom. The van der Waals surface area contributed by atoms with Crippen molar-refractivity contribution >= 4 is 45.7 Å². The Morgan fingerprint density at radius 1 is 1.12 bits per heavy atom. The number of benzene rings is 3. The molecule has 4 rings (SSSR count). The van der Waals surface area contributed by atoms with Gasteiger partial charge in [-0.3, -0.25) is 5.10 Å². The van der Waals surface area contributed by atoms with Crippen LogP contribution in [-0.4, -0.2) is 21.3 Å². The number of carbonyl (C=O) groups is 1. The number of rotatable bonds is 6. The molecule has 0 aliphatic carbocycles. The summed E-state index contributed by atoms with van der Waals surface area (Å²) in [6, 6.07) is 21.4. The molecule has 0 saturated carbocycles. The van der Waals surface area contributed by atoms with Crippen LogP contribution in [0, 0.1) is 11.3 Å². The number of aromatic amines is 1. The lowest BCUT2D eigenvalue weighted by Gasteiger charge is -2.18. The molecule has 0 spiro atoms. The first kappa shape index (κ1) is 22.1. The van der Waals surface area contributed by atoms with E-state index >= 15 is 0 Å². The Morgan fingerprint density at radius 3 is 2.58 bits per heavy atom. The first-order chi connectivity index (χ1) is 16.0. The molecule has 0 radical (unpaired) electrons. The number of aliphatic carboxylic acids is 1. The van der Waals surface area contributed by atoms with Crippen molar-refractivity contribution in [2.75, 3.05) is 0 Å². The van der Waals surface area contributed by atoms with Gasteiger partial charge in [0.2, 0.25) is 0 Å². The van der Waals surface area contributed by atoms with E-state index in [1.807, 2.05) is 42.5 Å². The Labute approximate surface area is 196 Å². The molecule has 0 bridgehead atoms. The van der Waals surface area contributed by atoms with Crippen molar-refractivity contribution in [3.05, 3.63) is 106 Å². The van der Waals surface area contributed by atoms with Crippen molar-refractivity contribution in [1.29, 1.82) is 5.26 Å². The molecule has 6 heteroatoms. The van der Waals surface area contributed by atoms with Crippen LogP contribution in [0.25, 0.3) is 28.1 Å². The van der Waals surface area contributed by atoms with Crippen molar-refractivity contribution in [3.8, 4) is 6.07 Å². The number of carboxylic acids is 1. The molecule has 1 aromatic heterocycles. The predicted molar refractivity (Wildman–Crippen MR) is 132 cm³/mol. The Balaban J connectivity index is 1.96. The van der Waals surface area contributed by atoms with Gasteiger partial charge in [0.15, 0.2) is 0 Å². The second-order valence-electron chi connectivity index (χ2n) is 7.47. The number of hydrogen-bond donors (Lipinski definition) is 2. The molecule has 2 N–H and O–H groups in total. The van der Waals surface area contributed by atoms with Gasteiger partial charge in [-0.15, -0.1) is 0 Å². The maximum Gasteiger partial charge on any atom is 0.328 e. The third kappa shape index (κ3) is 4.72. The average molecular weight is 454 g/mol. The minimum atomic E-state index is -0.992. The zero-order valence-electron chi connectivity index (χ0n) is 17.8. The van der Waals surface area contributed by atoms with E-state index in [0.717, 1.165) is 50.4 Å². The summed E-state index contributed by atoms with van der Waals surface area (Å²) in [7, 11) is 0. The lowest BCUT2D eigenvalue weighted by molar-refractivity contribution is -0.131. The molecule has 0 fully saturated rings. The second kappa shape index (κ2) is 9.56. The lowest BCUT2D eigenvalue weighted by atomic mass is 9.86. The first-order valence-corrected chi connectivity index (χ1v) is 10.8. The summed E-state index contributed by atoms with van der Waals surface area (Å²) < 4.78 is 0. The molecule has 1 heterocycles. The number of aromatic nitrogens is 2. The van der Waals surface area contributed by atoms with E-state index in [1.54, 1.807) is 24.4 Å². The standard InChI is InChI=1S/C27H20ClN3O2/c1-2-23(24-10-9-22(28)14-20(24)15-29)27(19-8-11-25-21(13-19)16-30-31-25)18-6-3-17(4-7-18)5-12-26(32)33/h3-14,16H,2H2,1H3,(H,30,31)(H,32,33)/b12-5+,27-23+. The van der Waals surface area contributed by atoms with Crippen molar-refractivity contribution < 1.29 is 9.90 Å². The lowest BCUT2D eigenvalue weighted by Crippen LogP contribution is -1.97. The minimum Gasteiger partial charge on any atom is -0.478 e. The number of nitrogens with one attached hydrogen (secondary N) is 1. The van der Waals surface area contributed by atoms with Crippen molar-refractivity contribution in [2.24, 2.45) is 0 Å². The van der Waals surface area contributed by atoms with Gasteiger partial charge in [0.05, 0.1) is 23.3 Å². The van der Waals surface area contributed by atoms with Crippen LogP contribution in [-0.2, 0) is 4.79 Å². The van der Waals surface area contributed by atoms with Gasteiger partial charge in [-0.05, 0) is 70.2 Å². The fraction of sp³-hybridized carbons (Fsp3) is 0.0741. The van der Waals surface area contributed by atoms with E-state index in [-0.39, 0.29) is 0 Å². The number of carboxylic acid groups (broad SMARTS) is 1. The smallest absolute Gasteiger partial charge is 0.328 e.